The Morgan fingerprint density at radius 3 is 2.11 bits per heavy atom. The van der Waals surface area contributed by atoms with Crippen LogP contribution in [0.2, 0.25) is 0 Å². The van der Waals surface area contributed by atoms with Gasteiger partial charge in [-0.3, -0.25) is 0 Å². The molecule has 6 aromatic carbocycles. The molecule has 3 heterocycles. The molecule has 0 N–H and O–H groups in total. The lowest BCUT2D eigenvalue weighted by Gasteiger charge is -2.11. The van der Waals surface area contributed by atoms with Crippen LogP contribution in [0.3, 0.4) is 0 Å². The second-order valence-corrected chi connectivity index (χ2v) is 11.9. The quantitative estimate of drug-likeness (QED) is 0.183. The van der Waals surface area contributed by atoms with Crippen molar-refractivity contribution in [2.45, 2.75) is 6.92 Å². The number of aromatic nitrogens is 2. The Balaban J connectivity index is 1.37. The first kappa shape index (κ1) is 26.4. The summed E-state index contributed by atoms with van der Waals surface area (Å²) < 4.78 is 11.2. The highest BCUT2D eigenvalue weighted by atomic mass is 16.3. The zero-order chi connectivity index (χ0) is 30.8. The third-order valence-electron chi connectivity index (χ3n) is 9.24. The van der Waals surface area contributed by atoms with E-state index in [2.05, 4.69) is 144 Å². The molecule has 0 fully saturated rings. The highest BCUT2D eigenvalue weighted by Gasteiger charge is 2.21. The first-order chi connectivity index (χ1) is 22.7. The van der Waals surface area contributed by atoms with Crippen molar-refractivity contribution in [3.05, 3.63) is 164 Å². The van der Waals surface area contributed by atoms with Crippen molar-refractivity contribution in [2.24, 2.45) is 0 Å². The maximum absolute atomic E-state index is 6.37. The van der Waals surface area contributed by atoms with Crippen molar-refractivity contribution in [3.8, 4) is 11.4 Å². The van der Waals surface area contributed by atoms with Gasteiger partial charge < -0.3 is 13.6 Å². The number of furan rings is 1. The van der Waals surface area contributed by atoms with Crippen molar-refractivity contribution in [2.75, 3.05) is 0 Å². The van der Waals surface area contributed by atoms with E-state index in [1.807, 2.05) is 24.3 Å². The van der Waals surface area contributed by atoms with Gasteiger partial charge in [-0.25, -0.2) is 0 Å². The van der Waals surface area contributed by atoms with Crippen LogP contribution in [-0.4, -0.2) is 9.13 Å². The Bertz CT molecular complexity index is 2730. The number of fused-ring (bicyclic) bond motifs is 10. The number of benzene rings is 6. The van der Waals surface area contributed by atoms with E-state index >= 15 is 0 Å². The molecule has 0 bridgehead atoms. The van der Waals surface area contributed by atoms with Crippen molar-refractivity contribution in [1.29, 1.82) is 0 Å². The number of nitrogens with zero attached hydrogens (tertiary/aromatic N) is 2. The molecular weight excluding hydrogens is 560 g/mol. The zero-order valence-corrected chi connectivity index (χ0v) is 25.4. The van der Waals surface area contributed by atoms with Crippen LogP contribution in [0.4, 0.5) is 0 Å². The van der Waals surface area contributed by atoms with Crippen LogP contribution >= 0.6 is 0 Å². The molecule has 3 aromatic heterocycles. The first-order valence-electron chi connectivity index (χ1n) is 15.6. The van der Waals surface area contributed by atoms with Gasteiger partial charge in [0.2, 0.25) is 0 Å². The molecule has 3 heteroatoms. The summed E-state index contributed by atoms with van der Waals surface area (Å²) in [6, 6.07) is 45.8. The molecular formula is C43H30N2O. The summed E-state index contributed by atoms with van der Waals surface area (Å²) in [4.78, 5) is 0. The van der Waals surface area contributed by atoms with Crippen molar-refractivity contribution in [1.82, 2.24) is 9.13 Å². The van der Waals surface area contributed by atoms with Gasteiger partial charge in [0.05, 0.1) is 22.1 Å². The van der Waals surface area contributed by atoms with Crippen LogP contribution in [-0.2, 0) is 0 Å². The average molecular weight is 591 g/mol. The van der Waals surface area contributed by atoms with Crippen LogP contribution in [0.5, 0.6) is 0 Å². The van der Waals surface area contributed by atoms with Crippen LogP contribution in [0, 0.1) is 0 Å². The molecule has 46 heavy (non-hydrogen) atoms. The van der Waals surface area contributed by atoms with Gasteiger partial charge in [0.15, 0.2) is 0 Å². The van der Waals surface area contributed by atoms with Crippen LogP contribution in [0.25, 0.3) is 82.5 Å². The average Bonchev–Trinajstić information content (AvgIpc) is 3.75. The molecule has 9 rings (SSSR count). The van der Waals surface area contributed by atoms with Gasteiger partial charge in [0, 0.05) is 49.8 Å². The minimum atomic E-state index is 0.891. The molecule has 0 radical (unpaired) electrons. The number of rotatable bonds is 5. The van der Waals surface area contributed by atoms with Gasteiger partial charge in [-0.2, -0.15) is 0 Å². The van der Waals surface area contributed by atoms with E-state index in [0.29, 0.717) is 0 Å². The Hall–Kier alpha value is -6.06. The fourth-order valence-electron chi connectivity index (χ4n) is 7.17. The largest absolute Gasteiger partial charge is 0.456 e. The number of para-hydroxylation sites is 3. The molecule has 0 saturated heterocycles. The van der Waals surface area contributed by atoms with Gasteiger partial charge in [0.25, 0.3) is 0 Å². The van der Waals surface area contributed by atoms with E-state index in [-0.39, 0.29) is 0 Å². The zero-order valence-electron chi connectivity index (χ0n) is 25.4. The van der Waals surface area contributed by atoms with Gasteiger partial charge in [-0.1, -0.05) is 104 Å². The minimum absolute atomic E-state index is 0.891. The van der Waals surface area contributed by atoms with Gasteiger partial charge in [-0.05, 0) is 66.6 Å². The molecule has 0 amide bonds. The molecule has 0 spiro atoms. The fourth-order valence-corrected chi connectivity index (χ4v) is 7.17. The topological polar surface area (TPSA) is 23.0 Å². The molecule has 3 nitrogen and oxygen atoms in total. The predicted molar refractivity (Wildman–Crippen MR) is 195 cm³/mol. The highest BCUT2D eigenvalue weighted by molar-refractivity contribution is 6.26. The third kappa shape index (κ3) is 3.85. The van der Waals surface area contributed by atoms with Crippen molar-refractivity contribution >= 4 is 71.1 Å². The van der Waals surface area contributed by atoms with E-state index in [1.165, 1.54) is 54.7 Å². The van der Waals surface area contributed by atoms with E-state index in [0.717, 1.165) is 33.3 Å². The van der Waals surface area contributed by atoms with E-state index in [9.17, 15) is 0 Å². The normalized spacial score (nSPS) is 12.6. The summed E-state index contributed by atoms with van der Waals surface area (Å²) >= 11 is 0. The monoisotopic (exact) mass is 590 g/mol. The van der Waals surface area contributed by atoms with E-state index in [1.54, 1.807) is 6.08 Å². The lowest BCUT2D eigenvalue weighted by Crippen LogP contribution is -1.96. The summed E-state index contributed by atoms with van der Waals surface area (Å²) in [7, 11) is 0. The molecule has 0 saturated carbocycles. The van der Waals surface area contributed by atoms with Gasteiger partial charge in [0.1, 0.15) is 11.2 Å². The molecule has 0 aliphatic heterocycles. The third-order valence-corrected chi connectivity index (χ3v) is 9.24. The Morgan fingerprint density at radius 1 is 0.565 bits per heavy atom. The molecule has 0 unspecified atom stereocenters. The number of hydrogen-bond donors (Lipinski definition) is 0. The fraction of sp³-hybridized carbons (Fsp3) is 0.0233. The van der Waals surface area contributed by atoms with E-state index < -0.39 is 0 Å². The number of allylic oxidation sites excluding steroid dienone is 5. The Labute approximate surface area is 266 Å². The van der Waals surface area contributed by atoms with Crippen LogP contribution in [0.1, 0.15) is 12.5 Å². The SMILES string of the molecule is C=C/C=C\C=C(/C)c1cccc(-n2c3ccccc3c3c2ccc2c4ccccc4n(-c4ccc5c(c4)oc4ccccc45)c23)c1. The smallest absolute Gasteiger partial charge is 0.137 e. The summed E-state index contributed by atoms with van der Waals surface area (Å²) in [5.74, 6) is 0. The van der Waals surface area contributed by atoms with Crippen molar-refractivity contribution in [3.63, 3.8) is 0 Å². The Kier molecular flexibility index (Phi) is 5.87. The number of hydrogen-bond acceptors (Lipinski definition) is 1. The second kappa shape index (κ2) is 10.3. The molecule has 9 aromatic rings. The maximum Gasteiger partial charge on any atom is 0.137 e. The summed E-state index contributed by atoms with van der Waals surface area (Å²) in [6.45, 7) is 5.95. The van der Waals surface area contributed by atoms with Crippen LogP contribution < -0.4 is 0 Å². The molecule has 218 valence electrons. The maximum atomic E-state index is 6.37. The second-order valence-electron chi connectivity index (χ2n) is 11.9. The standard InChI is InChI=1S/C43H30N2O/c1-3-4-5-13-28(2)29-14-12-15-30(26-29)44-38-20-10-7-18-36(38)42-39(44)25-24-35-32-16-6-9-19-37(32)45(43(35)42)31-22-23-34-33-17-8-11-21-40(33)46-41(34)27-31/h3-27H,1H2,2H3/b5-4-,28-13+. The van der Waals surface area contributed by atoms with Gasteiger partial charge in [-0.15, -0.1) is 0 Å². The Morgan fingerprint density at radius 2 is 1.26 bits per heavy atom. The van der Waals surface area contributed by atoms with E-state index in [4.69, 9.17) is 4.42 Å². The predicted octanol–water partition coefficient (Wildman–Crippen LogP) is 11.9. The summed E-state index contributed by atoms with van der Waals surface area (Å²) in [5.41, 5.74) is 11.1. The van der Waals surface area contributed by atoms with Gasteiger partial charge >= 0.3 is 0 Å². The lowest BCUT2D eigenvalue weighted by molar-refractivity contribution is 0.668. The summed E-state index contributed by atoms with van der Waals surface area (Å²) in [6.07, 6.45) is 7.92. The molecule has 0 aliphatic rings. The molecule has 0 aliphatic carbocycles. The minimum Gasteiger partial charge on any atom is -0.456 e. The first-order valence-corrected chi connectivity index (χ1v) is 15.6. The highest BCUT2D eigenvalue weighted by Crippen LogP contribution is 2.42. The summed E-state index contributed by atoms with van der Waals surface area (Å²) in [5, 5.41) is 7.20. The van der Waals surface area contributed by atoms with Crippen molar-refractivity contribution < 1.29 is 4.42 Å². The molecule has 0 atom stereocenters. The van der Waals surface area contributed by atoms with Crippen LogP contribution in [0.15, 0.2) is 163 Å². The lowest BCUT2D eigenvalue weighted by atomic mass is 10.1.